The fourth-order valence-electron chi connectivity index (χ4n) is 2.03. The van der Waals surface area contributed by atoms with Crippen molar-refractivity contribution in [2.75, 3.05) is 6.54 Å². The maximum absolute atomic E-state index is 13.9. The van der Waals surface area contributed by atoms with Crippen molar-refractivity contribution >= 4 is 9.84 Å². The van der Waals surface area contributed by atoms with Crippen molar-refractivity contribution in [2.45, 2.75) is 42.2 Å². The molecule has 0 saturated heterocycles. The number of sulfone groups is 1. The van der Waals surface area contributed by atoms with Gasteiger partial charge >= 0.3 is 0 Å². The van der Waals surface area contributed by atoms with Gasteiger partial charge in [-0.05, 0) is 49.4 Å². The summed E-state index contributed by atoms with van der Waals surface area (Å²) in [7, 11) is -3.45. The Morgan fingerprint density at radius 3 is 2.61 bits per heavy atom. The smallest absolute Gasteiger partial charge is 0.184 e. The van der Waals surface area contributed by atoms with E-state index in [1.165, 1.54) is 12.1 Å². The first-order chi connectivity index (χ1) is 8.46. The van der Waals surface area contributed by atoms with Crippen LogP contribution in [0.1, 0.15) is 37.7 Å². The van der Waals surface area contributed by atoms with Gasteiger partial charge < -0.3 is 5.73 Å². The van der Waals surface area contributed by atoms with Crippen LogP contribution >= 0.6 is 0 Å². The molecule has 0 radical (unpaired) electrons. The normalized spacial score (nSPS) is 17.7. The molecule has 1 saturated carbocycles. The molecule has 3 nitrogen and oxygen atoms in total. The molecule has 0 bridgehead atoms. The third kappa shape index (κ3) is 2.57. The Morgan fingerprint density at radius 2 is 2.11 bits per heavy atom. The molecule has 0 amide bonds. The van der Waals surface area contributed by atoms with Gasteiger partial charge in [-0.15, -0.1) is 0 Å². The molecule has 100 valence electrons. The summed E-state index contributed by atoms with van der Waals surface area (Å²) in [4.78, 5) is -0.159. The number of hydrogen-bond donors (Lipinski definition) is 1. The molecule has 1 atom stereocenters. The van der Waals surface area contributed by atoms with Crippen LogP contribution < -0.4 is 5.73 Å². The Morgan fingerprint density at radius 1 is 1.44 bits per heavy atom. The van der Waals surface area contributed by atoms with E-state index in [-0.39, 0.29) is 16.1 Å². The molecular formula is C13H18FNO2S. The van der Waals surface area contributed by atoms with E-state index in [0.29, 0.717) is 19.4 Å². The molecule has 0 aliphatic heterocycles. The van der Waals surface area contributed by atoms with E-state index in [1.807, 2.05) is 6.92 Å². The number of hydrogen-bond acceptors (Lipinski definition) is 3. The van der Waals surface area contributed by atoms with Gasteiger partial charge in [0.2, 0.25) is 0 Å². The van der Waals surface area contributed by atoms with Crippen LogP contribution in [0, 0.1) is 5.82 Å². The predicted molar refractivity (Wildman–Crippen MR) is 68.7 cm³/mol. The van der Waals surface area contributed by atoms with Crippen LogP contribution in [-0.4, -0.2) is 20.2 Å². The fourth-order valence-corrected chi connectivity index (χ4v) is 3.73. The molecule has 2 N–H and O–H groups in total. The molecule has 18 heavy (non-hydrogen) atoms. The zero-order valence-corrected chi connectivity index (χ0v) is 11.2. The Kier molecular flexibility index (Phi) is 3.73. The minimum absolute atomic E-state index is 0.141. The highest BCUT2D eigenvalue weighted by atomic mass is 32.2. The van der Waals surface area contributed by atoms with E-state index < -0.39 is 15.7 Å². The molecular weight excluding hydrogens is 253 g/mol. The van der Waals surface area contributed by atoms with Crippen LogP contribution in [-0.2, 0) is 9.84 Å². The van der Waals surface area contributed by atoms with Crippen molar-refractivity contribution in [3.05, 3.63) is 29.6 Å². The van der Waals surface area contributed by atoms with E-state index in [2.05, 4.69) is 0 Å². The molecule has 1 aliphatic rings. The highest BCUT2D eigenvalue weighted by Crippen LogP contribution is 2.35. The average Bonchev–Trinajstić information content (AvgIpc) is 3.12. The Labute approximate surface area is 107 Å². The monoisotopic (exact) mass is 271 g/mol. The standard InChI is InChI=1S/C13H18FNO2S/c1-9(6-7-15)10-2-5-13(12(14)8-10)18(16,17)11-3-4-11/h2,5,8-9,11H,3-4,6-7,15H2,1H3. The van der Waals surface area contributed by atoms with Gasteiger partial charge in [0.15, 0.2) is 9.84 Å². The first kappa shape index (κ1) is 13.5. The van der Waals surface area contributed by atoms with Crippen LogP contribution in [0.3, 0.4) is 0 Å². The van der Waals surface area contributed by atoms with E-state index in [9.17, 15) is 12.8 Å². The zero-order valence-electron chi connectivity index (χ0n) is 10.4. The lowest BCUT2D eigenvalue weighted by molar-refractivity contribution is 0.562. The largest absolute Gasteiger partial charge is 0.330 e. The van der Waals surface area contributed by atoms with Crippen LogP contribution in [0.4, 0.5) is 4.39 Å². The zero-order chi connectivity index (χ0) is 13.3. The Hall–Kier alpha value is -0.940. The molecule has 5 heteroatoms. The minimum Gasteiger partial charge on any atom is -0.330 e. The van der Waals surface area contributed by atoms with Crippen LogP contribution in [0.2, 0.25) is 0 Å². The Balaban J connectivity index is 2.30. The summed E-state index contributed by atoms with van der Waals surface area (Å²) in [6.45, 7) is 2.49. The lowest BCUT2D eigenvalue weighted by Crippen LogP contribution is -2.10. The maximum atomic E-state index is 13.9. The summed E-state index contributed by atoms with van der Waals surface area (Å²) >= 11 is 0. The second-order valence-corrected chi connectivity index (χ2v) is 7.11. The van der Waals surface area contributed by atoms with Gasteiger partial charge in [-0.2, -0.15) is 0 Å². The molecule has 2 rings (SSSR count). The molecule has 0 spiro atoms. The van der Waals surface area contributed by atoms with E-state index in [4.69, 9.17) is 5.73 Å². The van der Waals surface area contributed by atoms with E-state index >= 15 is 0 Å². The molecule has 1 aliphatic carbocycles. The van der Waals surface area contributed by atoms with Gasteiger partial charge in [-0.25, -0.2) is 12.8 Å². The molecule has 0 aromatic heterocycles. The quantitative estimate of drug-likeness (QED) is 0.893. The second kappa shape index (κ2) is 4.97. The van der Waals surface area contributed by atoms with Crippen molar-refractivity contribution in [3.63, 3.8) is 0 Å². The SMILES string of the molecule is CC(CCN)c1ccc(S(=O)(=O)C2CC2)c(F)c1. The maximum Gasteiger partial charge on any atom is 0.184 e. The second-order valence-electron chi connectivity index (χ2n) is 4.91. The van der Waals surface area contributed by atoms with Crippen molar-refractivity contribution in [2.24, 2.45) is 5.73 Å². The van der Waals surface area contributed by atoms with Crippen LogP contribution in [0.15, 0.2) is 23.1 Å². The third-order valence-corrected chi connectivity index (χ3v) is 5.69. The fraction of sp³-hybridized carbons (Fsp3) is 0.538. The summed E-state index contributed by atoms with van der Waals surface area (Å²) in [6, 6.07) is 4.42. The van der Waals surface area contributed by atoms with Gasteiger partial charge in [-0.3, -0.25) is 0 Å². The van der Waals surface area contributed by atoms with Gasteiger partial charge in [0, 0.05) is 0 Å². The molecule has 0 heterocycles. The van der Waals surface area contributed by atoms with Crippen molar-refractivity contribution in [1.82, 2.24) is 0 Å². The van der Waals surface area contributed by atoms with Crippen molar-refractivity contribution < 1.29 is 12.8 Å². The van der Waals surface area contributed by atoms with Gasteiger partial charge in [0.05, 0.1) is 5.25 Å². The van der Waals surface area contributed by atoms with Crippen LogP contribution in [0.5, 0.6) is 0 Å². The molecule has 1 aromatic carbocycles. The van der Waals surface area contributed by atoms with E-state index in [1.54, 1.807) is 6.07 Å². The Bertz CT molecular complexity index is 538. The topological polar surface area (TPSA) is 60.2 Å². The number of nitrogens with two attached hydrogens (primary N) is 1. The average molecular weight is 271 g/mol. The van der Waals surface area contributed by atoms with Gasteiger partial charge in [0.25, 0.3) is 0 Å². The molecule has 1 aromatic rings. The number of rotatable bonds is 5. The highest BCUT2D eigenvalue weighted by Gasteiger charge is 2.38. The summed E-state index contributed by atoms with van der Waals surface area (Å²) < 4.78 is 37.8. The number of benzene rings is 1. The lowest BCUT2D eigenvalue weighted by Gasteiger charge is -2.12. The lowest BCUT2D eigenvalue weighted by atomic mass is 9.98. The first-order valence-corrected chi connectivity index (χ1v) is 7.75. The predicted octanol–water partition coefficient (Wildman–Crippen LogP) is 2.21. The van der Waals surface area contributed by atoms with Crippen molar-refractivity contribution in [3.8, 4) is 0 Å². The van der Waals surface area contributed by atoms with Crippen LogP contribution in [0.25, 0.3) is 0 Å². The van der Waals surface area contributed by atoms with E-state index in [0.717, 1.165) is 12.0 Å². The summed E-state index contributed by atoms with van der Waals surface area (Å²) in [6.07, 6.45) is 2.05. The number of halogens is 1. The van der Waals surface area contributed by atoms with Crippen molar-refractivity contribution in [1.29, 1.82) is 0 Å². The third-order valence-electron chi connectivity index (χ3n) is 3.39. The first-order valence-electron chi connectivity index (χ1n) is 6.20. The summed E-state index contributed by atoms with van der Waals surface area (Å²) in [5, 5.41) is -0.376. The van der Waals surface area contributed by atoms with Gasteiger partial charge in [0.1, 0.15) is 10.7 Å². The molecule has 1 unspecified atom stereocenters. The summed E-state index contributed by atoms with van der Waals surface area (Å²) in [5.41, 5.74) is 6.26. The van der Waals surface area contributed by atoms with Gasteiger partial charge in [-0.1, -0.05) is 13.0 Å². The highest BCUT2D eigenvalue weighted by molar-refractivity contribution is 7.92. The summed E-state index contributed by atoms with van der Waals surface area (Å²) in [5.74, 6) is -0.495. The minimum atomic E-state index is -3.45. The molecule has 1 fully saturated rings.